The zero-order valence-corrected chi connectivity index (χ0v) is 13.4. The molecule has 98 valence electrons. The van der Waals surface area contributed by atoms with Crippen LogP contribution in [0.1, 0.15) is 37.6 Å². The highest BCUT2D eigenvalue weighted by molar-refractivity contribution is 14.1. The minimum absolute atomic E-state index is 0.181. The van der Waals surface area contributed by atoms with E-state index in [-0.39, 0.29) is 5.91 Å². The Morgan fingerprint density at radius 1 is 1.39 bits per heavy atom. The molecular weight excluding hydrogens is 337 g/mol. The maximum absolute atomic E-state index is 12.4. The average Bonchev–Trinajstić information content (AvgIpc) is 2.77. The van der Waals surface area contributed by atoms with Crippen molar-refractivity contribution in [2.24, 2.45) is 11.3 Å². The number of rotatable bonds is 1. The second kappa shape index (κ2) is 5.19. The highest BCUT2D eigenvalue weighted by Gasteiger charge is 2.34. The second-order valence-electron chi connectivity index (χ2n) is 6.11. The zero-order chi connectivity index (χ0) is 13.3. The van der Waals surface area contributed by atoms with Gasteiger partial charge in [0.1, 0.15) is 0 Å². The van der Waals surface area contributed by atoms with Gasteiger partial charge in [-0.15, -0.1) is 0 Å². The normalized spacial score (nSPS) is 20.2. The van der Waals surface area contributed by atoms with Crippen LogP contribution in [-0.2, 0) is 0 Å². The summed E-state index contributed by atoms with van der Waals surface area (Å²) in [5, 5.41) is 0. The van der Waals surface area contributed by atoms with Crippen LogP contribution in [0, 0.1) is 14.9 Å². The molecule has 1 aliphatic heterocycles. The Hall–Kier alpha value is -0.580. The fourth-order valence-electron chi connectivity index (χ4n) is 2.46. The van der Waals surface area contributed by atoms with Gasteiger partial charge in [-0.2, -0.15) is 0 Å². The molecule has 0 aromatic heterocycles. The van der Waals surface area contributed by atoms with Gasteiger partial charge in [0.15, 0.2) is 0 Å². The van der Waals surface area contributed by atoms with Gasteiger partial charge >= 0.3 is 0 Å². The van der Waals surface area contributed by atoms with E-state index >= 15 is 0 Å². The van der Waals surface area contributed by atoms with Crippen molar-refractivity contribution >= 4 is 28.5 Å². The van der Waals surface area contributed by atoms with E-state index in [1.807, 2.05) is 29.2 Å². The summed E-state index contributed by atoms with van der Waals surface area (Å²) in [6, 6.07) is 7.84. The maximum atomic E-state index is 12.4. The highest BCUT2D eigenvalue weighted by atomic mass is 127. The quantitative estimate of drug-likeness (QED) is 0.700. The molecule has 1 aromatic rings. The zero-order valence-electron chi connectivity index (χ0n) is 11.2. The first-order valence-corrected chi connectivity index (χ1v) is 7.50. The smallest absolute Gasteiger partial charge is 0.253 e. The van der Waals surface area contributed by atoms with Crippen LogP contribution >= 0.6 is 22.6 Å². The fraction of sp³-hybridized carbons (Fsp3) is 0.533. The summed E-state index contributed by atoms with van der Waals surface area (Å²) >= 11 is 2.25. The largest absolute Gasteiger partial charge is 0.338 e. The van der Waals surface area contributed by atoms with Crippen LogP contribution in [0.25, 0.3) is 0 Å². The van der Waals surface area contributed by atoms with Gasteiger partial charge in [0.25, 0.3) is 5.91 Å². The Bertz CT molecular complexity index is 450. The lowest BCUT2D eigenvalue weighted by molar-refractivity contribution is 0.0776. The topological polar surface area (TPSA) is 20.3 Å². The molecule has 2 rings (SSSR count). The van der Waals surface area contributed by atoms with E-state index in [0.717, 1.165) is 28.6 Å². The Kier molecular flexibility index (Phi) is 3.99. The monoisotopic (exact) mass is 357 g/mol. The molecular formula is C15H20INO. The van der Waals surface area contributed by atoms with Gasteiger partial charge in [-0.1, -0.05) is 26.8 Å². The third-order valence-electron chi connectivity index (χ3n) is 3.77. The molecule has 3 heteroatoms. The van der Waals surface area contributed by atoms with Crippen molar-refractivity contribution < 1.29 is 4.79 Å². The first kappa shape index (κ1) is 13.8. The van der Waals surface area contributed by atoms with Crippen LogP contribution in [0.4, 0.5) is 0 Å². The van der Waals surface area contributed by atoms with E-state index in [4.69, 9.17) is 0 Å². The predicted molar refractivity (Wildman–Crippen MR) is 82.6 cm³/mol. The van der Waals surface area contributed by atoms with Crippen LogP contribution in [0.5, 0.6) is 0 Å². The number of halogens is 1. The van der Waals surface area contributed by atoms with Crippen LogP contribution < -0.4 is 0 Å². The molecule has 2 nitrogen and oxygen atoms in total. The Morgan fingerprint density at radius 3 is 2.67 bits per heavy atom. The average molecular weight is 357 g/mol. The molecule has 1 unspecified atom stereocenters. The van der Waals surface area contributed by atoms with Gasteiger partial charge in [0.2, 0.25) is 0 Å². The van der Waals surface area contributed by atoms with Crippen molar-refractivity contribution in [1.82, 2.24) is 4.90 Å². The fourth-order valence-corrected chi connectivity index (χ4v) is 3.00. The number of benzene rings is 1. The number of hydrogen-bond donors (Lipinski definition) is 0. The lowest BCUT2D eigenvalue weighted by atomic mass is 9.80. The first-order valence-electron chi connectivity index (χ1n) is 6.43. The number of amides is 1. The van der Waals surface area contributed by atoms with Gasteiger partial charge in [-0.3, -0.25) is 4.79 Å². The van der Waals surface area contributed by atoms with E-state index in [2.05, 4.69) is 43.4 Å². The molecule has 0 N–H and O–H groups in total. The van der Waals surface area contributed by atoms with Crippen molar-refractivity contribution in [3.63, 3.8) is 0 Å². The number of nitrogens with zero attached hydrogens (tertiary/aromatic N) is 1. The summed E-state index contributed by atoms with van der Waals surface area (Å²) in [7, 11) is 0. The predicted octanol–water partition coefficient (Wildman–Crippen LogP) is 3.80. The molecule has 1 fully saturated rings. The van der Waals surface area contributed by atoms with E-state index < -0.39 is 0 Å². The number of carbonyl (C=O) groups excluding carboxylic acids is 1. The molecule has 1 aromatic carbocycles. The molecule has 0 saturated carbocycles. The molecule has 1 amide bonds. The number of carbonyl (C=O) groups is 1. The van der Waals surface area contributed by atoms with Crippen LogP contribution in [0.2, 0.25) is 0 Å². The molecule has 1 atom stereocenters. The molecule has 0 aliphatic carbocycles. The first-order chi connectivity index (χ1) is 8.38. The minimum Gasteiger partial charge on any atom is -0.338 e. The lowest BCUT2D eigenvalue weighted by Crippen LogP contribution is -2.31. The summed E-state index contributed by atoms with van der Waals surface area (Å²) in [5.41, 5.74) is 1.11. The maximum Gasteiger partial charge on any atom is 0.253 e. The van der Waals surface area contributed by atoms with Gasteiger partial charge in [-0.25, -0.2) is 0 Å². The van der Waals surface area contributed by atoms with Crippen molar-refractivity contribution in [3.8, 4) is 0 Å². The number of hydrogen-bond acceptors (Lipinski definition) is 1. The van der Waals surface area contributed by atoms with E-state index in [1.165, 1.54) is 0 Å². The highest BCUT2D eigenvalue weighted by Crippen LogP contribution is 2.34. The summed E-state index contributed by atoms with van der Waals surface area (Å²) < 4.78 is 1.12. The molecule has 0 bridgehead atoms. The summed E-state index contributed by atoms with van der Waals surface area (Å²) in [6.07, 6.45) is 1.12. The molecule has 0 spiro atoms. The SMILES string of the molecule is CC(C)(C)C1CCN(C(=O)c2cccc(I)c2)C1. The van der Waals surface area contributed by atoms with Crippen molar-refractivity contribution in [3.05, 3.63) is 33.4 Å². The van der Waals surface area contributed by atoms with Gasteiger partial charge in [0.05, 0.1) is 0 Å². The van der Waals surface area contributed by atoms with Crippen LogP contribution in [-0.4, -0.2) is 23.9 Å². The van der Waals surface area contributed by atoms with Crippen molar-refractivity contribution in [2.75, 3.05) is 13.1 Å². The Morgan fingerprint density at radius 2 is 2.11 bits per heavy atom. The van der Waals surface area contributed by atoms with Crippen molar-refractivity contribution in [1.29, 1.82) is 0 Å². The van der Waals surface area contributed by atoms with E-state index in [0.29, 0.717) is 11.3 Å². The lowest BCUT2D eigenvalue weighted by Gasteiger charge is -2.27. The second-order valence-corrected chi connectivity index (χ2v) is 7.36. The van der Waals surface area contributed by atoms with Gasteiger partial charge in [0, 0.05) is 22.2 Å². The summed E-state index contributed by atoms with van der Waals surface area (Å²) in [5.74, 6) is 0.796. The van der Waals surface area contributed by atoms with Crippen LogP contribution in [0.15, 0.2) is 24.3 Å². The third kappa shape index (κ3) is 3.05. The Labute approximate surface area is 123 Å². The van der Waals surface area contributed by atoms with E-state index in [1.54, 1.807) is 0 Å². The van der Waals surface area contributed by atoms with Crippen molar-refractivity contribution in [2.45, 2.75) is 27.2 Å². The summed E-state index contributed by atoms with van der Waals surface area (Å²) in [6.45, 7) is 8.57. The Balaban J connectivity index is 2.08. The van der Waals surface area contributed by atoms with Gasteiger partial charge < -0.3 is 4.90 Å². The van der Waals surface area contributed by atoms with Gasteiger partial charge in [-0.05, 0) is 58.5 Å². The standard InChI is InChI=1S/C15H20INO/c1-15(2,3)12-7-8-17(10-12)14(18)11-5-4-6-13(16)9-11/h4-6,9,12H,7-8,10H2,1-3H3. The minimum atomic E-state index is 0.181. The molecule has 1 saturated heterocycles. The van der Waals surface area contributed by atoms with Crippen LogP contribution in [0.3, 0.4) is 0 Å². The summed E-state index contributed by atoms with van der Waals surface area (Å²) in [4.78, 5) is 14.4. The third-order valence-corrected chi connectivity index (χ3v) is 4.44. The molecule has 1 aliphatic rings. The molecule has 0 radical (unpaired) electrons. The van der Waals surface area contributed by atoms with E-state index in [9.17, 15) is 4.79 Å². The molecule has 18 heavy (non-hydrogen) atoms. The molecule has 1 heterocycles. The number of likely N-dealkylation sites (tertiary alicyclic amines) is 1.